The Labute approximate surface area is 134 Å². The fourth-order valence-electron chi connectivity index (χ4n) is 3.28. The lowest BCUT2D eigenvalue weighted by atomic mass is 9.81. The molecule has 0 radical (unpaired) electrons. The monoisotopic (exact) mass is 312 g/mol. The van der Waals surface area contributed by atoms with Crippen LogP contribution in [0.5, 0.6) is 0 Å². The number of hydrogen-bond acceptors (Lipinski definition) is 2. The molecule has 1 aliphatic rings. The molecule has 0 heterocycles. The van der Waals surface area contributed by atoms with Crippen molar-refractivity contribution in [1.29, 1.82) is 0 Å². The van der Waals surface area contributed by atoms with Gasteiger partial charge in [-0.25, -0.2) is 0 Å². The van der Waals surface area contributed by atoms with Gasteiger partial charge in [0, 0.05) is 22.5 Å². The van der Waals surface area contributed by atoms with Crippen LogP contribution in [-0.2, 0) is 22.0 Å². The highest BCUT2D eigenvalue weighted by atomic mass is 32.2. The molecule has 0 saturated heterocycles. The Kier molecular flexibility index (Phi) is 4.53. The molecule has 114 valence electrons. The summed E-state index contributed by atoms with van der Waals surface area (Å²) in [5, 5.41) is 0. The minimum Gasteiger partial charge on any atom is -0.299 e. The molecule has 0 amide bonds. The summed E-state index contributed by atoms with van der Waals surface area (Å²) in [6, 6.07) is 19.6. The van der Waals surface area contributed by atoms with Crippen LogP contribution in [0.4, 0.5) is 0 Å². The third-order valence-corrected chi connectivity index (χ3v) is 6.06. The fourth-order valence-corrected chi connectivity index (χ4v) is 4.81. The third-order valence-electron chi connectivity index (χ3n) is 4.45. The molecule has 0 aliphatic heterocycles. The van der Waals surface area contributed by atoms with Gasteiger partial charge in [-0.2, -0.15) is 0 Å². The van der Waals surface area contributed by atoms with Gasteiger partial charge in [0.1, 0.15) is 5.78 Å². The molecule has 0 N–H and O–H groups in total. The quantitative estimate of drug-likeness (QED) is 0.842. The molecule has 1 fully saturated rings. The summed E-state index contributed by atoms with van der Waals surface area (Å²) in [4.78, 5) is 13.3. The van der Waals surface area contributed by atoms with Crippen LogP contribution in [0.25, 0.3) is 0 Å². The second-order valence-corrected chi connectivity index (χ2v) is 7.47. The van der Waals surface area contributed by atoms with Crippen LogP contribution in [0, 0.1) is 5.41 Å². The summed E-state index contributed by atoms with van der Waals surface area (Å²) >= 11 is 0. The van der Waals surface area contributed by atoms with Crippen molar-refractivity contribution in [2.45, 2.75) is 30.6 Å². The first-order chi connectivity index (χ1) is 10.7. The normalized spacial score (nSPS) is 22.6. The van der Waals surface area contributed by atoms with E-state index in [4.69, 9.17) is 0 Å². The van der Waals surface area contributed by atoms with Gasteiger partial charge < -0.3 is 0 Å². The van der Waals surface area contributed by atoms with Gasteiger partial charge in [0.25, 0.3) is 0 Å². The Hall–Kier alpha value is -1.74. The highest BCUT2D eigenvalue weighted by molar-refractivity contribution is 7.85. The van der Waals surface area contributed by atoms with Gasteiger partial charge in [-0.15, -0.1) is 0 Å². The zero-order valence-corrected chi connectivity index (χ0v) is 13.4. The van der Waals surface area contributed by atoms with Crippen LogP contribution >= 0.6 is 0 Å². The van der Waals surface area contributed by atoms with E-state index in [2.05, 4.69) is 12.1 Å². The average molecular weight is 312 g/mol. The van der Waals surface area contributed by atoms with Crippen molar-refractivity contribution in [2.24, 2.45) is 5.41 Å². The summed E-state index contributed by atoms with van der Waals surface area (Å²) in [5.41, 5.74) is 0.699. The number of benzene rings is 2. The van der Waals surface area contributed by atoms with Crippen LogP contribution in [0.1, 0.15) is 24.8 Å². The smallest absolute Gasteiger partial charge is 0.140 e. The van der Waals surface area contributed by atoms with Crippen molar-refractivity contribution in [3.8, 4) is 0 Å². The number of ketones is 1. The Bertz CT molecular complexity index is 666. The minimum absolute atomic E-state index is 0.278. The first-order valence-electron chi connectivity index (χ1n) is 7.70. The lowest BCUT2D eigenvalue weighted by Crippen LogP contribution is -2.34. The number of hydrogen-bond donors (Lipinski definition) is 0. The van der Waals surface area contributed by atoms with E-state index in [1.54, 1.807) is 0 Å². The largest absolute Gasteiger partial charge is 0.299 e. The van der Waals surface area contributed by atoms with Gasteiger partial charge in [-0.3, -0.25) is 9.00 Å². The predicted molar refractivity (Wildman–Crippen MR) is 89.2 cm³/mol. The van der Waals surface area contributed by atoms with Crippen molar-refractivity contribution >= 4 is 16.6 Å². The Balaban J connectivity index is 1.84. The molecule has 2 unspecified atom stereocenters. The molecule has 3 heteroatoms. The number of Topliss-reactive ketones (excluding diaryl/α,β-unsaturated/α-hetero) is 1. The zero-order valence-electron chi connectivity index (χ0n) is 12.5. The summed E-state index contributed by atoms with van der Waals surface area (Å²) in [6.45, 7) is 0. The van der Waals surface area contributed by atoms with Crippen LogP contribution in [-0.4, -0.2) is 15.7 Å². The highest BCUT2D eigenvalue weighted by Gasteiger charge is 2.43. The molecule has 2 aromatic carbocycles. The Morgan fingerprint density at radius 1 is 0.955 bits per heavy atom. The van der Waals surface area contributed by atoms with Crippen LogP contribution < -0.4 is 0 Å². The van der Waals surface area contributed by atoms with Crippen molar-refractivity contribution < 1.29 is 9.00 Å². The molecule has 0 spiro atoms. The molecular weight excluding hydrogens is 292 g/mol. The maximum Gasteiger partial charge on any atom is 0.140 e. The fraction of sp³-hybridized carbons (Fsp3) is 0.316. The van der Waals surface area contributed by atoms with E-state index >= 15 is 0 Å². The molecule has 2 nitrogen and oxygen atoms in total. The van der Waals surface area contributed by atoms with Crippen LogP contribution in [0.2, 0.25) is 0 Å². The molecule has 2 aromatic rings. The van der Waals surface area contributed by atoms with E-state index < -0.39 is 16.2 Å². The molecule has 1 saturated carbocycles. The molecule has 0 bridgehead atoms. The molecular formula is C19H20O2S. The van der Waals surface area contributed by atoms with Gasteiger partial charge in [-0.05, 0) is 37.0 Å². The SMILES string of the molecule is O=C1CCCC1(Cc1ccccc1)CS(=O)c1ccccc1. The van der Waals surface area contributed by atoms with Crippen LogP contribution in [0.3, 0.4) is 0 Å². The number of carbonyl (C=O) groups excluding carboxylic acids is 1. The minimum atomic E-state index is -1.13. The summed E-state index contributed by atoms with van der Waals surface area (Å²) in [6.07, 6.45) is 3.08. The first kappa shape index (κ1) is 15.2. The van der Waals surface area contributed by atoms with Crippen molar-refractivity contribution in [1.82, 2.24) is 0 Å². The van der Waals surface area contributed by atoms with E-state index in [0.29, 0.717) is 18.6 Å². The molecule has 1 aliphatic carbocycles. The standard InChI is InChI=1S/C19H20O2S/c20-18-12-7-13-19(18,14-16-8-3-1-4-9-16)15-22(21)17-10-5-2-6-11-17/h1-6,8-11H,7,12-15H2. The Morgan fingerprint density at radius 2 is 1.59 bits per heavy atom. The molecule has 2 atom stereocenters. The molecule has 3 rings (SSSR count). The second-order valence-electron chi connectivity index (χ2n) is 6.02. The van der Waals surface area contributed by atoms with Gasteiger partial charge >= 0.3 is 0 Å². The van der Waals surface area contributed by atoms with Crippen molar-refractivity contribution in [2.75, 3.05) is 5.75 Å². The van der Waals surface area contributed by atoms with Gasteiger partial charge in [0.15, 0.2) is 0 Å². The first-order valence-corrected chi connectivity index (χ1v) is 9.02. The van der Waals surface area contributed by atoms with Crippen molar-refractivity contribution in [3.05, 3.63) is 66.2 Å². The maximum absolute atomic E-state index is 12.7. The zero-order chi connectivity index (χ0) is 15.4. The van der Waals surface area contributed by atoms with Gasteiger partial charge in [0.05, 0.1) is 10.8 Å². The van der Waals surface area contributed by atoms with Crippen LogP contribution in [0.15, 0.2) is 65.6 Å². The topological polar surface area (TPSA) is 34.1 Å². The maximum atomic E-state index is 12.7. The third kappa shape index (κ3) is 3.20. The predicted octanol–water partition coefficient (Wildman–Crippen LogP) is 3.78. The lowest BCUT2D eigenvalue weighted by Gasteiger charge is -2.27. The van der Waals surface area contributed by atoms with E-state index in [1.807, 2.05) is 48.5 Å². The second kappa shape index (κ2) is 6.57. The van der Waals surface area contributed by atoms with Gasteiger partial charge in [0.2, 0.25) is 0 Å². The lowest BCUT2D eigenvalue weighted by molar-refractivity contribution is -0.124. The van der Waals surface area contributed by atoms with E-state index in [1.165, 1.54) is 0 Å². The highest BCUT2D eigenvalue weighted by Crippen LogP contribution is 2.39. The summed E-state index contributed by atoms with van der Waals surface area (Å²) < 4.78 is 12.7. The van der Waals surface area contributed by atoms with E-state index in [9.17, 15) is 9.00 Å². The van der Waals surface area contributed by atoms with E-state index in [0.717, 1.165) is 23.3 Å². The summed E-state index contributed by atoms with van der Waals surface area (Å²) in [5.74, 6) is 0.714. The summed E-state index contributed by atoms with van der Waals surface area (Å²) in [7, 11) is -1.13. The average Bonchev–Trinajstić information content (AvgIpc) is 2.89. The van der Waals surface area contributed by atoms with E-state index in [-0.39, 0.29) is 5.78 Å². The molecule has 0 aromatic heterocycles. The number of carbonyl (C=O) groups is 1. The number of rotatable bonds is 5. The Morgan fingerprint density at radius 3 is 2.18 bits per heavy atom. The molecule has 22 heavy (non-hydrogen) atoms. The van der Waals surface area contributed by atoms with Gasteiger partial charge in [-0.1, -0.05) is 48.5 Å². The van der Waals surface area contributed by atoms with Crippen molar-refractivity contribution in [3.63, 3.8) is 0 Å².